The van der Waals surface area contributed by atoms with E-state index in [1.165, 1.54) is 0 Å². The molecular formula is C31H28N6OS. The average Bonchev–Trinajstić information content (AvgIpc) is 3.57. The summed E-state index contributed by atoms with van der Waals surface area (Å²) < 4.78 is 1.82. The Labute approximate surface area is 230 Å². The van der Waals surface area contributed by atoms with E-state index in [0.717, 1.165) is 57.1 Å². The standard InChI is InChI=1S/C31H28N6OS/c1-20-28-23(31(38)35-26(17-18-39-2)29-32-24-15-9-10-16-25(24)33-29)19-27(21-11-5-3-6-12-21)34-30(28)37(36-20)22-13-7-4-8-14-22/h3-16,19,26H,17-18H2,1-2H3,(H,32,33)(H,35,38). The predicted octanol–water partition coefficient (Wildman–Crippen LogP) is 6.50. The van der Waals surface area contributed by atoms with Gasteiger partial charge in [-0.2, -0.15) is 16.9 Å². The van der Waals surface area contributed by atoms with Crippen LogP contribution in [0.5, 0.6) is 0 Å². The van der Waals surface area contributed by atoms with Gasteiger partial charge in [-0.15, -0.1) is 0 Å². The van der Waals surface area contributed by atoms with Crippen LogP contribution in [-0.4, -0.2) is 42.6 Å². The number of para-hydroxylation sites is 3. The normalized spacial score (nSPS) is 12.2. The monoisotopic (exact) mass is 532 g/mol. The largest absolute Gasteiger partial charge is 0.342 e. The molecule has 1 unspecified atom stereocenters. The van der Waals surface area contributed by atoms with E-state index in [2.05, 4.69) is 16.6 Å². The molecule has 0 aliphatic rings. The molecule has 0 radical (unpaired) electrons. The van der Waals surface area contributed by atoms with Crippen LogP contribution < -0.4 is 5.32 Å². The number of hydrogen-bond acceptors (Lipinski definition) is 5. The van der Waals surface area contributed by atoms with Gasteiger partial charge < -0.3 is 10.3 Å². The van der Waals surface area contributed by atoms with Crippen molar-refractivity contribution in [3.05, 3.63) is 108 Å². The molecule has 2 N–H and O–H groups in total. The van der Waals surface area contributed by atoms with Crippen molar-refractivity contribution in [3.8, 4) is 16.9 Å². The van der Waals surface area contributed by atoms with Gasteiger partial charge in [0.1, 0.15) is 5.82 Å². The molecule has 0 spiro atoms. The van der Waals surface area contributed by atoms with Crippen molar-refractivity contribution in [1.82, 2.24) is 30.0 Å². The van der Waals surface area contributed by atoms with E-state index < -0.39 is 0 Å². The number of imidazole rings is 1. The van der Waals surface area contributed by atoms with Crippen LogP contribution in [0.3, 0.4) is 0 Å². The molecule has 39 heavy (non-hydrogen) atoms. The molecule has 6 rings (SSSR count). The lowest BCUT2D eigenvalue weighted by Crippen LogP contribution is -2.30. The number of fused-ring (bicyclic) bond motifs is 2. The molecule has 0 aliphatic heterocycles. The van der Waals surface area contributed by atoms with Gasteiger partial charge in [0.25, 0.3) is 5.91 Å². The number of rotatable bonds is 8. The Hall–Kier alpha value is -4.43. The lowest BCUT2D eigenvalue weighted by atomic mass is 10.0. The number of benzene rings is 3. The van der Waals surface area contributed by atoms with Crippen LogP contribution in [0.15, 0.2) is 91.0 Å². The first-order valence-electron chi connectivity index (χ1n) is 12.9. The Bertz CT molecular complexity index is 1730. The quantitative estimate of drug-likeness (QED) is 0.234. The Balaban J connectivity index is 1.47. The number of aryl methyl sites for hydroxylation is 1. The molecule has 0 bridgehead atoms. The third kappa shape index (κ3) is 4.91. The van der Waals surface area contributed by atoms with Gasteiger partial charge in [0, 0.05) is 5.56 Å². The van der Waals surface area contributed by atoms with E-state index in [-0.39, 0.29) is 11.9 Å². The highest BCUT2D eigenvalue weighted by molar-refractivity contribution is 7.98. The number of nitrogens with zero attached hydrogens (tertiary/aromatic N) is 4. The first kappa shape index (κ1) is 24.9. The van der Waals surface area contributed by atoms with Gasteiger partial charge in [0.05, 0.1) is 45.1 Å². The lowest BCUT2D eigenvalue weighted by Gasteiger charge is -2.17. The summed E-state index contributed by atoms with van der Waals surface area (Å²) in [6.07, 6.45) is 2.81. The molecule has 0 fully saturated rings. The van der Waals surface area contributed by atoms with Crippen molar-refractivity contribution in [1.29, 1.82) is 0 Å². The fraction of sp³-hybridized carbons (Fsp3) is 0.161. The number of pyridine rings is 1. The summed E-state index contributed by atoms with van der Waals surface area (Å²) in [5.41, 5.74) is 6.31. The van der Waals surface area contributed by atoms with Crippen LogP contribution in [0.25, 0.3) is 39.0 Å². The highest BCUT2D eigenvalue weighted by Crippen LogP contribution is 2.30. The second-order valence-electron chi connectivity index (χ2n) is 9.40. The molecule has 1 amide bonds. The van der Waals surface area contributed by atoms with Crippen molar-refractivity contribution in [3.63, 3.8) is 0 Å². The van der Waals surface area contributed by atoms with E-state index in [1.54, 1.807) is 11.8 Å². The van der Waals surface area contributed by atoms with Crippen LogP contribution in [0.1, 0.15) is 34.3 Å². The molecule has 3 heterocycles. The number of thioether (sulfide) groups is 1. The second kappa shape index (κ2) is 10.7. The molecule has 6 aromatic rings. The fourth-order valence-electron chi connectivity index (χ4n) is 4.86. The summed E-state index contributed by atoms with van der Waals surface area (Å²) in [6.45, 7) is 1.92. The van der Waals surface area contributed by atoms with Gasteiger partial charge in [-0.1, -0.05) is 60.7 Å². The molecule has 3 aromatic carbocycles. The minimum absolute atomic E-state index is 0.179. The van der Waals surface area contributed by atoms with Crippen molar-refractivity contribution >= 4 is 39.7 Å². The number of hydrogen-bond donors (Lipinski definition) is 2. The number of carbonyl (C=O) groups is 1. The van der Waals surface area contributed by atoms with Gasteiger partial charge in [-0.3, -0.25) is 4.79 Å². The molecule has 3 aromatic heterocycles. The molecule has 8 heteroatoms. The Morgan fingerprint density at radius 2 is 1.69 bits per heavy atom. The van der Waals surface area contributed by atoms with E-state index in [0.29, 0.717) is 11.2 Å². The molecule has 0 saturated heterocycles. The van der Waals surface area contributed by atoms with E-state index in [1.807, 2.05) is 103 Å². The lowest BCUT2D eigenvalue weighted by molar-refractivity contribution is 0.0935. The minimum Gasteiger partial charge on any atom is -0.342 e. The maximum Gasteiger partial charge on any atom is 0.252 e. The van der Waals surface area contributed by atoms with Crippen LogP contribution in [0, 0.1) is 6.92 Å². The van der Waals surface area contributed by atoms with Crippen molar-refractivity contribution in [2.45, 2.75) is 19.4 Å². The fourth-order valence-corrected chi connectivity index (χ4v) is 5.33. The number of aromatic nitrogens is 5. The summed E-state index contributed by atoms with van der Waals surface area (Å²) in [4.78, 5) is 27.3. The number of aromatic amines is 1. The number of nitrogens with one attached hydrogen (secondary N) is 2. The third-order valence-corrected chi connectivity index (χ3v) is 7.43. The zero-order valence-corrected chi connectivity index (χ0v) is 22.6. The molecule has 0 aliphatic carbocycles. The first-order valence-corrected chi connectivity index (χ1v) is 14.3. The van der Waals surface area contributed by atoms with E-state index in [4.69, 9.17) is 15.1 Å². The van der Waals surface area contributed by atoms with Crippen LogP contribution in [0.2, 0.25) is 0 Å². The van der Waals surface area contributed by atoms with Crippen LogP contribution in [0.4, 0.5) is 0 Å². The van der Waals surface area contributed by atoms with Crippen LogP contribution in [-0.2, 0) is 0 Å². The predicted molar refractivity (Wildman–Crippen MR) is 158 cm³/mol. The Kier molecular flexibility index (Phi) is 6.85. The van der Waals surface area contributed by atoms with Crippen molar-refractivity contribution < 1.29 is 4.79 Å². The van der Waals surface area contributed by atoms with E-state index in [9.17, 15) is 4.79 Å². The zero-order valence-electron chi connectivity index (χ0n) is 21.8. The molecule has 7 nitrogen and oxygen atoms in total. The topological polar surface area (TPSA) is 88.5 Å². The maximum absolute atomic E-state index is 14.1. The maximum atomic E-state index is 14.1. The molecule has 1 atom stereocenters. The van der Waals surface area contributed by atoms with Gasteiger partial charge in [-0.05, 0) is 55.7 Å². The summed E-state index contributed by atoms with van der Waals surface area (Å²) in [6, 6.07) is 29.3. The Morgan fingerprint density at radius 3 is 2.44 bits per heavy atom. The summed E-state index contributed by atoms with van der Waals surface area (Å²) in [5.74, 6) is 1.46. The number of carbonyl (C=O) groups excluding carboxylic acids is 1. The number of H-pyrrole nitrogens is 1. The summed E-state index contributed by atoms with van der Waals surface area (Å²) in [5, 5.41) is 8.83. The minimum atomic E-state index is -0.273. The zero-order chi connectivity index (χ0) is 26.8. The average molecular weight is 533 g/mol. The SMILES string of the molecule is CSCCC(NC(=O)c1cc(-c2ccccc2)nc2c1c(C)nn2-c1ccccc1)c1nc2ccccc2[nH]1. The third-order valence-electron chi connectivity index (χ3n) is 6.78. The van der Waals surface area contributed by atoms with Gasteiger partial charge >= 0.3 is 0 Å². The number of amides is 1. The van der Waals surface area contributed by atoms with Gasteiger partial charge in [0.2, 0.25) is 0 Å². The second-order valence-corrected chi connectivity index (χ2v) is 10.4. The van der Waals surface area contributed by atoms with Gasteiger partial charge in [0.15, 0.2) is 5.65 Å². The summed E-state index contributed by atoms with van der Waals surface area (Å²) in [7, 11) is 0. The Morgan fingerprint density at radius 1 is 0.974 bits per heavy atom. The van der Waals surface area contributed by atoms with Gasteiger partial charge in [-0.25, -0.2) is 14.6 Å². The summed E-state index contributed by atoms with van der Waals surface area (Å²) >= 11 is 1.74. The van der Waals surface area contributed by atoms with Crippen molar-refractivity contribution in [2.24, 2.45) is 0 Å². The molecule has 194 valence electrons. The van der Waals surface area contributed by atoms with Crippen molar-refractivity contribution in [2.75, 3.05) is 12.0 Å². The smallest absolute Gasteiger partial charge is 0.252 e. The first-order chi connectivity index (χ1) is 19.1. The van der Waals surface area contributed by atoms with E-state index >= 15 is 0 Å². The molecular weight excluding hydrogens is 504 g/mol. The molecule has 0 saturated carbocycles. The van der Waals surface area contributed by atoms with Crippen LogP contribution >= 0.6 is 11.8 Å². The highest BCUT2D eigenvalue weighted by atomic mass is 32.2. The highest BCUT2D eigenvalue weighted by Gasteiger charge is 2.24.